The lowest BCUT2D eigenvalue weighted by molar-refractivity contribution is -0.137. The zero-order valence-electron chi connectivity index (χ0n) is 21.2. The average molecular weight is 560 g/mol. The van der Waals surface area contributed by atoms with Crippen molar-refractivity contribution in [1.82, 2.24) is 24.5 Å². The number of hydrogen-bond donors (Lipinski definition) is 3. The molecule has 5 aromatic rings. The third-order valence-corrected chi connectivity index (χ3v) is 5.96. The van der Waals surface area contributed by atoms with Crippen molar-refractivity contribution in [3.05, 3.63) is 108 Å². The number of halogens is 3. The highest BCUT2D eigenvalue weighted by atomic mass is 19.4. The zero-order chi connectivity index (χ0) is 29.1. The molecule has 0 aliphatic carbocycles. The second-order valence-electron chi connectivity index (χ2n) is 8.85. The molecule has 0 aliphatic rings. The van der Waals surface area contributed by atoms with Crippen LogP contribution in [0.1, 0.15) is 32.0 Å². The summed E-state index contributed by atoms with van der Waals surface area (Å²) >= 11 is 0. The van der Waals surface area contributed by atoms with Crippen molar-refractivity contribution in [2.75, 3.05) is 10.6 Å². The number of imidazole rings is 1. The Bertz CT molecular complexity index is 1750. The van der Waals surface area contributed by atoms with Crippen LogP contribution in [0.4, 0.5) is 30.5 Å². The lowest BCUT2D eigenvalue weighted by atomic mass is 10.1. The number of nitrogens with zero attached hydrogens (tertiary/aromatic N) is 5. The molecule has 0 saturated carbocycles. The van der Waals surface area contributed by atoms with Crippen molar-refractivity contribution in [3.8, 4) is 16.9 Å². The maximum absolute atomic E-state index is 13.6. The van der Waals surface area contributed by atoms with Gasteiger partial charge in [-0.05, 0) is 61.0 Å². The number of hydrogen-bond acceptors (Lipinski definition) is 7. The van der Waals surface area contributed by atoms with Gasteiger partial charge in [0.25, 0.3) is 5.91 Å². The van der Waals surface area contributed by atoms with E-state index in [1.165, 1.54) is 18.2 Å². The summed E-state index contributed by atoms with van der Waals surface area (Å²) in [6.07, 6.45) is 2.32. The molecule has 0 atom stereocenters. The molecule has 206 valence electrons. The molecule has 0 radical (unpaired) electrons. The fourth-order valence-corrected chi connectivity index (χ4v) is 3.89. The van der Waals surface area contributed by atoms with Gasteiger partial charge >= 0.3 is 12.1 Å². The smallest absolute Gasteiger partial charge is 0.416 e. The van der Waals surface area contributed by atoms with Gasteiger partial charge in [0.1, 0.15) is 6.33 Å². The van der Waals surface area contributed by atoms with Crippen molar-refractivity contribution in [3.63, 3.8) is 0 Å². The fourth-order valence-electron chi connectivity index (χ4n) is 3.89. The van der Waals surface area contributed by atoms with Crippen LogP contribution in [-0.2, 0) is 6.18 Å². The van der Waals surface area contributed by atoms with Crippen LogP contribution in [0.15, 0.2) is 85.7 Å². The predicted molar refractivity (Wildman–Crippen MR) is 143 cm³/mol. The standard InChI is InChI=1S/C28H20F3N7O3/c1-16-4-5-17(9-23(16)37-27-33-8-6-22(36-27)18-3-2-7-32-13-18)25(39)35-20-10-19(28(29,30)31)11-21(12-20)38-14-24(26(40)41)34-15-38/h2-15H,1H3,(H,35,39)(H,40,41)(H,33,36,37). The van der Waals surface area contributed by atoms with Crippen molar-refractivity contribution >= 4 is 29.2 Å². The van der Waals surface area contributed by atoms with Crippen LogP contribution in [-0.4, -0.2) is 41.5 Å². The molecule has 0 saturated heterocycles. The fraction of sp³-hybridized carbons (Fsp3) is 0.0714. The zero-order valence-corrected chi connectivity index (χ0v) is 21.2. The van der Waals surface area contributed by atoms with Gasteiger partial charge in [0.05, 0.1) is 11.3 Å². The van der Waals surface area contributed by atoms with E-state index in [4.69, 9.17) is 5.11 Å². The molecule has 1 amide bonds. The van der Waals surface area contributed by atoms with E-state index >= 15 is 0 Å². The first kappa shape index (κ1) is 27.0. The normalized spacial score (nSPS) is 11.2. The van der Waals surface area contributed by atoms with E-state index in [9.17, 15) is 22.8 Å². The Balaban J connectivity index is 1.41. The Labute approximate surface area is 230 Å². The number of aryl methyl sites for hydroxylation is 1. The number of carbonyl (C=O) groups is 2. The minimum atomic E-state index is -4.73. The molecular formula is C28H20F3N7O3. The second-order valence-corrected chi connectivity index (χ2v) is 8.85. The number of rotatable bonds is 7. The highest BCUT2D eigenvalue weighted by Gasteiger charge is 2.31. The van der Waals surface area contributed by atoms with E-state index in [0.717, 1.165) is 40.4 Å². The quantitative estimate of drug-likeness (QED) is 0.230. The van der Waals surface area contributed by atoms with E-state index in [2.05, 4.69) is 30.6 Å². The van der Waals surface area contributed by atoms with Crippen LogP contribution in [0.3, 0.4) is 0 Å². The lowest BCUT2D eigenvalue weighted by Gasteiger charge is -2.14. The first-order valence-corrected chi connectivity index (χ1v) is 12.0. The molecule has 3 heterocycles. The molecule has 41 heavy (non-hydrogen) atoms. The second kappa shape index (κ2) is 10.9. The third-order valence-electron chi connectivity index (χ3n) is 5.96. The van der Waals surface area contributed by atoms with E-state index < -0.39 is 23.6 Å². The number of carboxylic acid groups (broad SMARTS) is 1. The van der Waals surface area contributed by atoms with Crippen LogP contribution >= 0.6 is 0 Å². The summed E-state index contributed by atoms with van der Waals surface area (Å²) in [7, 11) is 0. The minimum Gasteiger partial charge on any atom is -0.476 e. The maximum Gasteiger partial charge on any atom is 0.416 e. The Kier molecular flexibility index (Phi) is 7.17. The number of aromatic nitrogens is 5. The van der Waals surface area contributed by atoms with Gasteiger partial charge in [-0.1, -0.05) is 6.07 Å². The highest BCUT2D eigenvalue weighted by Crippen LogP contribution is 2.33. The van der Waals surface area contributed by atoms with Crippen molar-refractivity contribution in [2.45, 2.75) is 13.1 Å². The molecule has 5 rings (SSSR count). The van der Waals surface area contributed by atoms with E-state index in [1.54, 1.807) is 36.8 Å². The number of amides is 1. The highest BCUT2D eigenvalue weighted by molar-refractivity contribution is 6.05. The summed E-state index contributed by atoms with van der Waals surface area (Å²) in [6, 6.07) is 13.0. The van der Waals surface area contributed by atoms with Gasteiger partial charge in [0.15, 0.2) is 5.69 Å². The molecule has 10 nitrogen and oxygen atoms in total. The number of alkyl halides is 3. The van der Waals surface area contributed by atoms with E-state index in [1.807, 2.05) is 13.0 Å². The largest absolute Gasteiger partial charge is 0.476 e. The van der Waals surface area contributed by atoms with Crippen LogP contribution in [0, 0.1) is 6.92 Å². The number of anilines is 3. The Morgan fingerprint density at radius 3 is 2.54 bits per heavy atom. The van der Waals surface area contributed by atoms with Gasteiger partial charge in [-0.2, -0.15) is 13.2 Å². The number of pyridine rings is 1. The first-order valence-electron chi connectivity index (χ1n) is 12.0. The molecule has 13 heteroatoms. The lowest BCUT2D eigenvalue weighted by Crippen LogP contribution is -2.14. The van der Waals surface area contributed by atoms with Crippen molar-refractivity contribution < 1.29 is 27.9 Å². The van der Waals surface area contributed by atoms with Crippen molar-refractivity contribution in [1.29, 1.82) is 0 Å². The summed E-state index contributed by atoms with van der Waals surface area (Å²) in [4.78, 5) is 40.8. The summed E-state index contributed by atoms with van der Waals surface area (Å²) < 4.78 is 42.1. The summed E-state index contributed by atoms with van der Waals surface area (Å²) in [5, 5.41) is 14.7. The third kappa shape index (κ3) is 6.19. The van der Waals surface area contributed by atoms with Crippen LogP contribution in [0.5, 0.6) is 0 Å². The average Bonchev–Trinajstić information content (AvgIpc) is 3.45. The minimum absolute atomic E-state index is 0.0352. The number of benzene rings is 2. The van der Waals surface area contributed by atoms with Gasteiger partial charge in [0.2, 0.25) is 5.95 Å². The molecular weight excluding hydrogens is 539 g/mol. The van der Waals surface area contributed by atoms with E-state index in [-0.39, 0.29) is 28.6 Å². The molecule has 3 aromatic heterocycles. The SMILES string of the molecule is Cc1ccc(C(=O)Nc2cc(-n3cnc(C(=O)O)c3)cc(C(F)(F)F)c2)cc1Nc1nccc(-c2cccnc2)n1. The van der Waals surface area contributed by atoms with Crippen molar-refractivity contribution in [2.24, 2.45) is 0 Å². The molecule has 0 aliphatic heterocycles. The summed E-state index contributed by atoms with van der Waals surface area (Å²) in [5.74, 6) is -1.72. The Morgan fingerprint density at radius 1 is 1.00 bits per heavy atom. The van der Waals surface area contributed by atoms with Gasteiger partial charge in [-0.15, -0.1) is 0 Å². The first-order chi connectivity index (χ1) is 19.6. The molecule has 0 fully saturated rings. The number of nitrogens with one attached hydrogen (secondary N) is 2. The number of carboxylic acids is 1. The van der Waals surface area contributed by atoms with Crippen LogP contribution < -0.4 is 10.6 Å². The summed E-state index contributed by atoms with van der Waals surface area (Å²) in [5.41, 5.74) is 1.32. The van der Waals surface area contributed by atoms with Gasteiger partial charge in [0, 0.05) is 53.0 Å². The Morgan fingerprint density at radius 2 is 1.83 bits per heavy atom. The summed E-state index contributed by atoms with van der Waals surface area (Å²) in [6.45, 7) is 1.81. The predicted octanol–water partition coefficient (Wildman–Crippen LogP) is 5.75. The molecule has 2 aromatic carbocycles. The number of aromatic carboxylic acids is 1. The topological polar surface area (TPSA) is 135 Å². The molecule has 0 unspecified atom stereocenters. The van der Waals surface area contributed by atoms with Gasteiger partial charge < -0.3 is 20.3 Å². The van der Waals surface area contributed by atoms with Gasteiger partial charge in [-0.25, -0.2) is 19.7 Å². The van der Waals surface area contributed by atoms with Crippen LogP contribution in [0.2, 0.25) is 0 Å². The van der Waals surface area contributed by atoms with Gasteiger partial charge in [-0.3, -0.25) is 9.78 Å². The van der Waals surface area contributed by atoms with Crippen LogP contribution in [0.25, 0.3) is 16.9 Å². The molecule has 0 bridgehead atoms. The monoisotopic (exact) mass is 559 g/mol. The van der Waals surface area contributed by atoms with E-state index in [0.29, 0.717) is 11.4 Å². The Hall–Kier alpha value is -5.59. The maximum atomic E-state index is 13.6. The molecule has 3 N–H and O–H groups in total. The molecule has 0 spiro atoms. The number of carbonyl (C=O) groups excluding carboxylic acids is 1.